The summed E-state index contributed by atoms with van der Waals surface area (Å²) in [5.41, 5.74) is 3.44. The first-order valence-electron chi connectivity index (χ1n) is 12.2. The van der Waals surface area contributed by atoms with E-state index in [1.807, 2.05) is 0 Å². The minimum absolute atomic E-state index is 0. The number of anilines is 1. The molecule has 1 atom stereocenters. The highest BCUT2D eigenvalue weighted by atomic mass is 35.5. The molecule has 1 unspecified atom stereocenters. The number of aromatic nitrogens is 5. The SMILES string of the molecule is Cc1ncn(-c2ccc([N+](=O)[O-])cc2OCCCCNc2nc(Cl)nc3c2CCC3c2ccc(F)cc2)n1.N. The van der Waals surface area contributed by atoms with Gasteiger partial charge in [-0.15, -0.1) is 0 Å². The van der Waals surface area contributed by atoms with E-state index in [1.165, 1.54) is 28.9 Å². The number of nitrogens with zero attached hydrogens (tertiary/aromatic N) is 6. The summed E-state index contributed by atoms with van der Waals surface area (Å²) in [6.45, 7) is 2.76. The van der Waals surface area contributed by atoms with E-state index in [4.69, 9.17) is 16.3 Å². The number of unbranched alkanes of at least 4 members (excludes halogenated alkanes) is 1. The normalized spacial score (nSPS) is 14.0. The summed E-state index contributed by atoms with van der Waals surface area (Å²) in [5.74, 6) is 1.45. The van der Waals surface area contributed by atoms with Crippen molar-refractivity contribution in [3.63, 3.8) is 0 Å². The summed E-state index contributed by atoms with van der Waals surface area (Å²) in [4.78, 5) is 23.8. The van der Waals surface area contributed by atoms with Gasteiger partial charge in [0.05, 0.1) is 23.3 Å². The lowest BCUT2D eigenvalue weighted by Crippen LogP contribution is -2.10. The predicted octanol–water partition coefficient (Wildman–Crippen LogP) is 5.58. The lowest BCUT2D eigenvalue weighted by molar-refractivity contribution is -0.384. The molecular weight excluding hydrogens is 527 g/mol. The molecule has 0 saturated heterocycles. The van der Waals surface area contributed by atoms with Gasteiger partial charge in [0.1, 0.15) is 29.5 Å². The van der Waals surface area contributed by atoms with E-state index in [2.05, 4.69) is 25.4 Å². The van der Waals surface area contributed by atoms with Crippen molar-refractivity contribution >= 4 is 23.1 Å². The van der Waals surface area contributed by atoms with Crippen LogP contribution in [0.25, 0.3) is 5.69 Å². The topological polar surface area (TPSA) is 156 Å². The van der Waals surface area contributed by atoms with Gasteiger partial charge in [-0.05, 0) is 68.0 Å². The number of nitro groups is 1. The van der Waals surface area contributed by atoms with Crippen LogP contribution in [0, 0.1) is 22.9 Å². The number of ether oxygens (including phenoxy) is 1. The van der Waals surface area contributed by atoms with Crippen molar-refractivity contribution in [3.8, 4) is 11.4 Å². The van der Waals surface area contributed by atoms with Crippen LogP contribution in [0.15, 0.2) is 48.8 Å². The predicted molar refractivity (Wildman–Crippen MR) is 145 cm³/mol. The summed E-state index contributed by atoms with van der Waals surface area (Å²) < 4.78 is 20.8. The molecule has 11 nitrogen and oxygen atoms in total. The van der Waals surface area contributed by atoms with E-state index in [0.29, 0.717) is 42.7 Å². The molecule has 0 amide bonds. The molecule has 2 heterocycles. The molecule has 13 heteroatoms. The third-order valence-corrected chi connectivity index (χ3v) is 6.59. The Morgan fingerprint density at radius 2 is 2.00 bits per heavy atom. The number of nitrogens with one attached hydrogen (secondary N) is 1. The lowest BCUT2D eigenvalue weighted by Gasteiger charge is -2.14. The Morgan fingerprint density at radius 1 is 1.21 bits per heavy atom. The van der Waals surface area contributed by atoms with Gasteiger partial charge in [-0.2, -0.15) is 5.10 Å². The molecule has 2 aromatic heterocycles. The van der Waals surface area contributed by atoms with Gasteiger partial charge < -0.3 is 16.2 Å². The van der Waals surface area contributed by atoms with Gasteiger partial charge in [-0.1, -0.05) is 12.1 Å². The van der Waals surface area contributed by atoms with E-state index in [9.17, 15) is 14.5 Å². The summed E-state index contributed by atoms with van der Waals surface area (Å²) in [6, 6.07) is 10.9. The Morgan fingerprint density at radius 3 is 2.72 bits per heavy atom. The van der Waals surface area contributed by atoms with E-state index in [1.54, 1.807) is 31.5 Å². The van der Waals surface area contributed by atoms with Crippen molar-refractivity contribution in [2.75, 3.05) is 18.5 Å². The number of benzene rings is 2. The second-order valence-electron chi connectivity index (χ2n) is 8.98. The van der Waals surface area contributed by atoms with Crippen LogP contribution >= 0.6 is 11.6 Å². The van der Waals surface area contributed by atoms with Crippen LogP contribution in [0.5, 0.6) is 5.75 Å². The first-order chi connectivity index (χ1) is 18.4. The van der Waals surface area contributed by atoms with E-state index >= 15 is 0 Å². The van der Waals surface area contributed by atoms with E-state index in [0.717, 1.165) is 36.1 Å². The number of fused-ring (bicyclic) bond motifs is 1. The van der Waals surface area contributed by atoms with Crippen LogP contribution in [0.2, 0.25) is 5.28 Å². The Labute approximate surface area is 229 Å². The average Bonchev–Trinajstić information content (AvgIpc) is 3.52. The maximum absolute atomic E-state index is 13.4. The second kappa shape index (κ2) is 12.1. The molecule has 1 aliphatic rings. The Hall–Kier alpha value is -4.16. The maximum Gasteiger partial charge on any atom is 0.273 e. The second-order valence-corrected chi connectivity index (χ2v) is 9.31. The van der Waals surface area contributed by atoms with Gasteiger partial charge in [0.25, 0.3) is 5.69 Å². The third-order valence-electron chi connectivity index (χ3n) is 6.43. The molecule has 4 aromatic rings. The average molecular weight is 555 g/mol. The van der Waals surface area contributed by atoms with Crippen LogP contribution in [0.4, 0.5) is 15.9 Å². The monoisotopic (exact) mass is 554 g/mol. The van der Waals surface area contributed by atoms with E-state index in [-0.39, 0.29) is 28.9 Å². The minimum atomic E-state index is -0.459. The van der Waals surface area contributed by atoms with Crippen molar-refractivity contribution in [3.05, 3.63) is 92.7 Å². The molecule has 0 bridgehead atoms. The molecule has 1 aliphatic carbocycles. The molecule has 0 aliphatic heterocycles. The summed E-state index contributed by atoms with van der Waals surface area (Å²) in [5, 5.41) is 19.1. The molecule has 5 rings (SSSR count). The number of nitro benzene ring substituents is 1. The van der Waals surface area contributed by atoms with Crippen molar-refractivity contribution in [1.82, 2.24) is 30.9 Å². The zero-order valence-electron chi connectivity index (χ0n) is 21.3. The molecule has 0 radical (unpaired) electrons. The zero-order chi connectivity index (χ0) is 26.6. The van der Waals surface area contributed by atoms with Crippen LogP contribution < -0.4 is 16.2 Å². The first kappa shape index (κ1) is 27.9. The van der Waals surface area contributed by atoms with Gasteiger partial charge in [-0.3, -0.25) is 10.1 Å². The van der Waals surface area contributed by atoms with Gasteiger partial charge in [0.2, 0.25) is 5.28 Å². The molecule has 39 heavy (non-hydrogen) atoms. The highest BCUT2D eigenvalue weighted by molar-refractivity contribution is 6.28. The van der Waals surface area contributed by atoms with Gasteiger partial charge in [0, 0.05) is 24.1 Å². The molecule has 0 spiro atoms. The van der Waals surface area contributed by atoms with Gasteiger partial charge in [0.15, 0.2) is 5.75 Å². The van der Waals surface area contributed by atoms with Gasteiger partial charge >= 0.3 is 0 Å². The molecular formula is C26H28ClFN8O3. The summed E-state index contributed by atoms with van der Waals surface area (Å²) in [6.07, 6.45) is 4.67. The number of non-ortho nitro benzene ring substituents is 1. The Bertz CT molecular complexity index is 1460. The van der Waals surface area contributed by atoms with Gasteiger partial charge in [-0.25, -0.2) is 24.0 Å². The smallest absolute Gasteiger partial charge is 0.273 e. The Kier molecular flexibility index (Phi) is 8.67. The fourth-order valence-electron chi connectivity index (χ4n) is 4.60. The Balaban J connectivity index is 0.00000353. The minimum Gasteiger partial charge on any atom is -0.491 e. The first-order valence-corrected chi connectivity index (χ1v) is 12.6. The maximum atomic E-state index is 13.4. The fourth-order valence-corrected chi connectivity index (χ4v) is 4.77. The number of aryl methyl sites for hydroxylation is 1. The van der Waals surface area contributed by atoms with Crippen molar-refractivity contribution in [2.24, 2.45) is 0 Å². The van der Waals surface area contributed by atoms with E-state index < -0.39 is 4.92 Å². The lowest BCUT2D eigenvalue weighted by atomic mass is 9.97. The third kappa shape index (κ3) is 6.29. The summed E-state index contributed by atoms with van der Waals surface area (Å²) in [7, 11) is 0. The van der Waals surface area contributed by atoms with Crippen LogP contribution in [-0.2, 0) is 6.42 Å². The van der Waals surface area contributed by atoms with Crippen molar-refractivity contribution in [1.29, 1.82) is 0 Å². The molecule has 204 valence electrons. The van der Waals surface area contributed by atoms with Crippen molar-refractivity contribution < 1.29 is 14.1 Å². The molecule has 2 aromatic carbocycles. The highest BCUT2D eigenvalue weighted by Crippen LogP contribution is 2.40. The molecule has 0 saturated carbocycles. The number of hydrogen-bond donors (Lipinski definition) is 2. The zero-order valence-corrected chi connectivity index (χ0v) is 22.1. The quantitative estimate of drug-likeness (QED) is 0.110. The molecule has 0 fully saturated rings. The standard InChI is InChI=1S/C26H25ClFN7O3.H3N/c1-16-30-15-34(33-16)22-11-8-19(35(36)37)14-23(22)38-13-3-2-12-29-25-21-10-9-20(24(21)31-26(27)32-25)17-4-6-18(28)7-5-17;/h4-8,11,14-15,20H,2-3,9-10,12-13H2,1H3,(H,29,31,32);1H3. The highest BCUT2D eigenvalue weighted by Gasteiger charge is 2.29. The van der Waals surface area contributed by atoms with Crippen LogP contribution in [-0.4, -0.2) is 42.8 Å². The number of rotatable bonds is 10. The van der Waals surface area contributed by atoms with Crippen molar-refractivity contribution in [2.45, 2.75) is 38.5 Å². The largest absolute Gasteiger partial charge is 0.491 e. The fraction of sp³-hybridized carbons (Fsp3) is 0.308. The number of hydrogen-bond acceptors (Lipinski definition) is 9. The molecule has 4 N–H and O–H groups in total. The number of halogens is 2. The van der Waals surface area contributed by atoms with Crippen LogP contribution in [0.1, 0.15) is 47.8 Å². The van der Waals surface area contributed by atoms with Crippen LogP contribution in [0.3, 0.4) is 0 Å². The summed E-state index contributed by atoms with van der Waals surface area (Å²) >= 11 is 6.24.